The SMILES string of the molecule is Cc1cc(C)c2nc(-c3ccc(F)cc3)cc(C(=O)NC(C)c3ccccc3)c2c1. The van der Waals surface area contributed by atoms with E-state index >= 15 is 0 Å². The van der Waals surface area contributed by atoms with Crippen LogP contribution < -0.4 is 5.32 Å². The van der Waals surface area contributed by atoms with Crippen molar-refractivity contribution in [2.75, 3.05) is 0 Å². The Morgan fingerprint density at radius 2 is 1.67 bits per heavy atom. The highest BCUT2D eigenvalue weighted by atomic mass is 19.1. The first kappa shape index (κ1) is 19.8. The van der Waals surface area contributed by atoms with Crippen LogP contribution in [0.1, 0.15) is 40.0 Å². The molecule has 0 saturated carbocycles. The van der Waals surface area contributed by atoms with Crippen molar-refractivity contribution in [1.29, 1.82) is 0 Å². The van der Waals surface area contributed by atoms with Crippen molar-refractivity contribution in [1.82, 2.24) is 10.3 Å². The minimum Gasteiger partial charge on any atom is -0.345 e. The smallest absolute Gasteiger partial charge is 0.252 e. The summed E-state index contributed by atoms with van der Waals surface area (Å²) < 4.78 is 13.4. The van der Waals surface area contributed by atoms with Gasteiger partial charge in [0.2, 0.25) is 0 Å². The Morgan fingerprint density at radius 1 is 0.967 bits per heavy atom. The number of fused-ring (bicyclic) bond motifs is 1. The number of hydrogen-bond donors (Lipinski definition) is 1. The second-order valence-corrected chi connectivity index (χ2v) is 7.65. The van der Waals surface area contributed by atoms with E-state index in [4.69, 9.17) is 4.98 Å². The third kappa shape index (κ3) is 3.94. The molecule has 3 nitrogen and oxygen atoms in total. The quantitative estimate of drug-likeness (QED) is 0.448. The molecule has 0 saturated heterocycles. The predicted molar refractivity (Wildman–Crippen MR) is 119 cm³/mol. The molecule has 0 fully saturated rings. The summed E-state index contributed by atoms with van der Waals surface area (Å²) in [6.07, 6.45) is 0. The zero-order valence-electron chi connectivity index (χ0n) is 17.2. The molecule has 0 aliphatic heterocycles. The molecular formula is C26H23FN2O. The highest BCUT2D eigenvalue weighted by molar-refractivity contribution is 6.08. The standard InChI is InChI=1S/C26H23FN2O/c1-16-13-17(2)25-22(14-16)23(15-24(29-25)20-9-11-21(27)12-10-20)26(30)28-18(3)19-7-5-4-6-8-19/h4-15,18H,1-3H3,(H,28,30). The van der Waals surface area contributed by atoms with Gasteiger partial charge in [0, 0.05) is 10.9 Å². The summed E-state index contributed by atoms with van der Waals surface area (Å²) in [6, 6.07) is 21.7. The number of nitrogens with one attached hydrogen (secondary N) is 1. The molecule has 4 heteroatoms. The molecule has 1 amide bonds. The van der Waals surface area contributed by atoms with E-state index in [1.165, 1.54) is 12.1 Å². The number of rotatable bonds is 4. The number of carbonyl (C=O) groups is 1. The number of amides is 1. The molecular weight excluding hydrogens is 375 g/mol. The molecule has 4 aromatic rings. The molecule has 1 N–H and O–H groups in total. The van der Waals surface area contributed by atoms with E-state index < -0.39 is 0 Å². The lowest BCUT2D eigenvalue weighted by Crippen LogP contribution is -2.27. The Morgan fingerprint density at radius 3 is 2.37 bits per heavy atom. The van der Waals surface area contributed by atoms with Gasteiger partial charge in [-0.15, -0.1) is 0 Å². The van der Waals surface area contributed by atoms with Gasteiger partial charge in [-0.2, -0.15) is 0 Å². The Kier molecular flexibility index (Phi) is 5.32. The first-order chi connectivity index (χ1) is 14.4. The molecule has 1 unspecified atom stereocenters. The number of aryl methyl sites for hydroxylation is 2. The van der Waals surface area contributed by atoms with Crippen LogP contribution in [0.2, 0.25) is 0 Å². The van der Waals surface area contributed by atoms with E-state index in [1.54, 1.807) is 18.2 Å². The number of benzene rings is 3. The molecule has 1 heterocycles. The van der Waals surface area contributed by atoms with E-state index in [0.29, 0.717) is 11.3 Å². The van der Waals surface area contributed by atoms with Crippen molar-refractivity contribution in [3.8, 4) is 11.3 Å². The maximum Gasteiger partial charge on any atom is 0.252 e. The first-order valence-corrected chi connectivity index (χ1v) is 9.96. The zero-order chi connectivity index (χ0) is 21.3. The van der Waals surface area contributed by atoms with Crippen molar-refractivity contribution in [2.45, 2.75) is 26.8 Å². The van der Waals surface area contributed by atoms with Crippen molar-refractivity contribution in [3.63, 3.8) is 0 Å². The Hall–Kier alpha value is -3.53. The first-order valence-electron chi connectivity index (χ1n) is 9.96. The van der Waals surface area contributed by atoms with Crippen LogP contribution in [0.15, 0.2) is 72.8 Å². The normalized spacial score (nSPS) is 12.0. The van der Waals surface area contributed by atoms with Crippen LogP contribution >= 0.6 is 0 Å². The molecule has 4 rings (SSSR count). The summed E-state index contributed by atoms with van der Waals surface area (Å²) in [4.78, 5) is 18.1. The second-order valence-electron chi connectivity index (χ2n) is 7.65. The summed E-state index contributed by atoms with van der Waals surface area (Å²) in [5.41, 5.74) is 5.86. The molecule has 150 valence electrons. The zero-order valence-corrected chi connectivity index (χ0v) is 17.2. The molecule has 0 aliphatic carbocycles. The number of pyridine rings is 1. The van der Waals surface area contributed by atoms with Crippen LogP contribution in [0.3, 0.4) is 0 Å². The molecule has 0 bridgehead atoms. The van der Waals surface area contributed by atoms with Crippen molar-refractivity contribution < 1.29 is 9.18 Å². The molecule has 0 aliphatic rings. The van der Waals surface area contributed by atoms with Gasteiger partial charge >= 0.3 is 0 Å². The van der Waals surface area contributed by atoms with Crippen LogP contribution in [0.4, 0.5) is 4.39 Å². The van der Waals surface area contributed by atoms with E-state index in [2.05, 4.69) is 11.4 Å². The minimum atomic E-state index is -0.305. The van der Waals surface area contributed by atoms with Gasteiger partial charge in [-0.05, 0) is 68.3 Å². The number of aromatic nitrogens is 1. The summed E-state index contributed by atoms with van der Waals surface area (Å²) in [5.74, 6) is -0.465. The number of hydrogen-bond acceptors (Lipinski definition) is 2. The molecule has 30 heavy (non-hydrogen) atoms. The van der Waals surface area contributed by atoms with Gasteiger partial charge < -0.3 is 5.32 Å². The average molecular weight is 398 g/mol. The van der Waals surface area contributed by atoms with Gasteiger partial charge in [-0.1, -0.05) is 42.0 Å². The highest BCUT2D eigenvalue weighted by Crippen LogP contribution is 2.28. The monoisotopic (exact) mass is 398 g/mol. The third-order valence-electron chi connectivity index (χ3n) is 5.28. The van der Waals surface area contributed by atoms with Crippen LogP contribution in [0.25, 0.3) is 22.2 Å². The lowest BCUT2D eigenvalue weighted by Gasteiger charge is -2.17. The fourth-order valence-corrected chi connectivity index (χ4v) is 3.74. The van der Waals surface area contributed by atoms with Crippen LogP contribution in [0.5, 0.6) is 0 Å². The fraction of sp³-hybridized carbons (Fsp3) is 0.154. The number of carbonyl (C=O) groups excluding carboxylic acids is 1. The van der Waals surface area contributed by atoms with Crippen molar-refractivity contribution >= 4 is 16.8 Å². The summed E-state index contributed by atoms with van der Waals surface area (Å²) in [7, 11) is 0. The van der Waals surface area contributed by atoms with E-state index in [-0.39, 0.29) is 17.8 Å². The summed E-state index contributed by atoms with van der Waals surface area (Å²) in [5, 5.41) is 3.92. The van der Waals surface area contributed by atoms with Gasteiger partial charge in [0.05, 0.1) is 22.8 Å². The lowest BCUT2D eigenvalue weighted by molar-refractivity contribution is 0.0941. The van der Waals surface area contributed by atoms with Gasteiger partial charge in [0.15, 0.2) is 0 Å². The average Bonchev–Trinajstić information content (AvgIpc) is 2.74. The topological polar surface area (TPSA) is 42.0 Å². The van der Waals surface area contributed by atoms with E-state index in [0.717, 1.165) is 33.2 Å². The van der Waals surface area contributed by atoms with E-state index in [1.807, 2.05) is 57.2 Å². The van der Waals surface area contributed by atoms with Crippen LogP contribution in [0, 0.1) is 19.7 Å². The Bertz CT molecular complexity index is 1220. The molecule has 0 spiro atoms. The largest absolute Gasteiger partial charge is 0.345 e. The van der Waals surface area contributed by atoms with Crippen LogP contribution in [-0.2, 0) is 0 Å². The Labute approximate surface area is 175 Å². The van der Waals surface area contributed by atoms with Crippen molar-refractivity contribution in [3.05, 3.63) is 101 Å². The third-order valence-corrected chi connectivity index (χ3v) is 5.28. The summed E-state index contributed by atoms with van der Waals surface area (Å²) in [6.45, 7) is 5.97. The number of nitrogens with zero attached hydrogens (tertiary/aromatic N) is 1. The second kappa shape index (κ2) is 8.07. The van der Waals surface area contributed by atoms with Crippen molar-refractivity contribution in [2.24, 2.45) is 0 Å². The van der Waals surface area contributed by atoms with Crippen LogP contribution in [-0.4, -0.2) is 10.9 Å². The maximum atomic E-state index is 13.4. The lowest BCUT2D eigenvalue weighted by atomic mass is 9.99. The molecule has 0 radical (unpaired) electrons. The van der Waals surface area contributed by atoms with E-state index in [9.17, 15) is 9.18 Å². The highest BCUT2D eigenvalue weighted by Gasteiger charge is 2.18. The Balaban J connectivity index is 1.82. The molecule has 3 aromatic carbocycles. The summed E-state index contributed by atoms with van der Waals surface area (Å²) >= 11 is 0. The predicted octanol–water partition coefficient (Wildman–Crippen LogP) is 6.15. The molecule has 1 aromatic heterocycles. The molecule has 1 atom stereocenters. The van der Waals surface area contributed by atoms with Gasteiger partial charge in [0.1, 0.15) is 5.82 Å². The maximum absolute atomic E-state index is 13.4. The number of halogens is 1. The minimum absolute atomic E-state index is 0.137. The van der Waals surface area contributed by atoms with Gasteiger partial charge in [0.25, 0.3) is 5.91 Å². The van der Waals surface area contributed by atoms with Gasteiger partial charge in [-0.25, -0.2) is 9.37 Å². The van der Waals surface area contributed by atoms with Gasteiger partial charge in [-0.3, -0.25) is 4.79 Å². The fourth-order valence-electron chi connectivity index (χ4n) is 3.74.